The van der Waals surface area contributed by atoms with Crippen LogP contribution in [-0.2, 0) is 0 Å². The monoisotopic (exact) mass is 280 g/mol. The van der Waals surface area contributed by atoms with Crippen LogP contribution in [0, 0.1) is 11.3 Å². The van der Waals surface area contributed by atoms with Crippen LogP contribution < -0.4 is 0 Å². The number of rotatable bonds is 1. The highest BCUT2D eigenvalue weighted by atomic mass is 14.6. The highest BCUT2D eigenvalue weighted by Crippen LogP contribution is 2.30. The summed E-state index contributed by atoms with van der Waals surface area (Å²) in [5.41, 5.74) is 3.84. The zero-order chi connectivity index (χ0) is 14.9. The van der Waals surface area contributed by atoms with E-state index in [0.29, 0.717) is 5.56 Å². The second kappa shape index (κ2) is 4.98. The van der Waals surface area contributed by atoms with E-state index < -0.39 is 0 Å². The molecule has 4 rings (SSSR count). The van der Waals surface area contributed by atoms with E-state index in [2.05, 4.69) is 65.7 Å². The minimum atomic E-state index is 0.588. The van der Waals surface area contributed by atoms with Gasteiger partial charge < -0.3 is 0 Å². The molecule has 0 bridgehead atoms. The molecule has 0 radical (unpaired) electrons. The fraction of sp³-hybridized carbons (Fsp3) is 0. The maximum Gasteiger partial charge on any atom is 0.101 e. The number of fused-ring (bicyclic) bond motifs is 2. The zero-order valence-corrected chi connectivity index (χ0v) is 11.8. The lowest BCUT2D eigenvalue weighted by Gasteiger charge is -2.08. The third-order valence-corrected chi connectivity index (χ3v) is 3.91. The second-order valence-corrected chi connectivity index (χ2v) is 5.27. The summed E-state index contributed by atoms with van der Waals surface area (Å²) in [4.78, 5) is 4.40. The Kier molecular flexibility index (Phi) is 2.84. The SMILES string of the molecule is N#Cc1cnc2cc(-c3cccc4ccccc34)ccc2c1. The van der Waals surface area contributed by atoms with Gasteiger partial charge in [0.1, 0.15) is 6.07 Å². The largest absolute Gasteiger partial charge is 0.255 e. The molecule has 2 nitrogen and oxygen atoms in total. The smallest absolute Gasteiger partial charge is 0.101 e. The molecule has 22 heavy (non-hydrogen) atoms. The summed E-state index contributed by atoms with van der Waals surface area (Å²) in [6.07, 6.45) is 1.62. The molecule has 4 aromatic rings. The van der Waals surface area contributed by atoms with Crippen LogP contribution in [0.5, 0.6) is 0 Å². The first-order chi connectivity index (χ1) is 10.8. The van der Waals surface area contributed by atoms with Crippen LogP contribution >= 0.6 is 0 Å². The molecule has 2 heteroatoms. The van der Waals surface area contributed by atoms with Gasteiger partial charge in [-0.05, 0) is 34.0 Å². The van der Waals surface area contributed by atoms with Crippen LogP contribution in [0.15, 0.2) is 72.9 Å². The van der Waals surface area contributed by atoms with Crippen LogP contribution in [0.3, 0.4) is 0 Å². The average molecular weight is 280 g/mol. The topological polar surface area (TPSA) is 36.7 Å². The first-order valence-corrected chi connectivity index (χ1v) is 7.13. The molecule has 0 atom stereocenters. The maximum absolute atomic E-state index is 8.96. The van der Waals surface area contributed by atoms with Crippen LogP contribution in [0.25, 0.3) is 32.8 Å². The molecule has 0 aliphatic heterocycles. The highest BCUT2D eigenvalue weighted by molar-refractivity contribution is 5.98. The number of benzene rings is 3. The molecule has 0 amide bonds. The van der Waals surface area contributed by atoms with Crippen molar-refractivity contribution in [2.24, 2.45) is 0 Å². The van der Waals surface area contributed by atoms with E-state index in [1.165, 1.54) is 16.3 Å². The number of nitriles is 1. The van der Waals surface area contributed by atoms with Gasteiger partial charge in [0, 0.05) is 11.6 Å². The first-order valence-electron chi connectivity index (χ1n) is 7.13. The lowest BCUT2D eigenvalue weighted by atomic mass is 9.97. The van der Waals surface area contributed by atoms with Gasteiger partial charge in [0.2, 0.25) is 0 Å². The molecule has 1 aromatic heterocycles. The molecule has 0 fully saturated rings. The lowest BCUT2D eigenvalue weighted by molar-refractivity contribution is 1.37. The van der Waals surface area contributed by atoms with Crippen molar-refractivity contribution in [1.82, 2.24) is 4.98 Å². The normalized spacial score (nSPS) is 10.7. The Balaban J connectivity index is 1.95. The van der Waals surface area contributed by atoms with Gasteiger partial charge >= 0.3 is 0 Å². The van der Waals surface area contributed by atoms with Crippen LogP contribution in [0.4, 0.5) is 0 Å². The summed E-state index contributed by atoms with van der Waals surface area (Å²) >= 11 is 0. The van der Waals surface area contributed by atoms with E-state index in [1.807, 2.05) is 12.1 Å². The van der Waals surface area contributed by atoms with Gasteiger partial charge in [-0.15, -0.1) is 0 Å². The molecule has 3 aromatic carbocycles. The standard InChI is InChI=1S/C20H12N2/c21-12-14-10-17-9-8-16(11-20(17)22-13-14)19-7-3-5-15-4-1-2-6-18(15)19/h1-11,13H. The quantitative estimate of drug-likeness (QED) is 0.496. The fourth-order valence-corrected chi connectivity index (χ4v) is 2.83. The summed E-state index contributed by atoms with van der Waals surface area (Å²) in [5.74, 6) is 0. The molecule has 0 aliphatic rings. The van der Waals surface area contributed by atoms with Crippen molar-refractivity contribution < 1.29 is 0 Å². The summed E-state index contributed by atoms with van der Waals surface area (Å²) in [6.45, 7) is 0. The predicted molar refractivity (Wildman–Crippen MR) is 89.4 cm³/mol. The number of pyridine rings is 1. The number of nitrogens with zero attached hydrogens (tertiary/aromatic N) is 2. The van der Waals surface area contributed by atoms with E-state index in [0.717, 1.165) is 16.5 Å². The Labute approximate surface area is 128 Å². The van der Waals surface area contributed by atoms with E-state index >= 15 is 0 Å². The van der Waals surface area contributed by atoms with E-state index in [4.69, 9.17) is 5.26 Å². The number of aromatic nitrogens is 1. The van der Waals surface area contributed by atoms with Crippen molar-refractivity contribution in [2.75, 3.05) is 0 Å². The Hall–Kier alpha value is -3.18. The zero-order valence-electron chi connectivity index (χ0n) is 11.8. The van der Waals surface area contributed by atoms with Crippen molar-refractivity contribution >= 4 is 21.7 Å². The van der Waals surface area contributed by atoms with Gasteiger partial charge in [-0.1, -0.05) is 54.6 Å². The fourth-order valence-electron chi connectivity index (χ4n) is 2.83. The van der Waals surface area contributed by atoms with Gasteiger partial charge in [-0.25, -0.2) is 0 Å². The molecule has 0 aliphatic carbocycles. The molecule has 0 saturated carbocycles. The molecule has 102 valence electrons. The highest BCUT2D eigenvalue weighted by Gasteiger charge is 2.05. The second-order valence-electron chi connectivity index (χ2n) is 5.27. The minimum Gasteiger partial charge on any atom is -0.255 e. The summed E-state index contributed by atoms with van der Waals surface area (Å²) in [7, 11) is 0. The Bertz CT molecular complexity index is 1040. The molecule has 0 spiro atoms. The number of hydrogen-bond donors (Lipinski definition) is 0. The molecule has 1 heterocycles. The Morgan fingerprint density at radius 1 is 0.818 bits per heavy atom. The average Bonchev–Trinajstić information content (AvgIpc) is 2.60. The summed E-state index contributed by atoms with van der Waals surface area (Å²) in [5, 5.41) is 12.4. The van der Waals surface area contributed by atoms with Crippen molar-refractivity contribution in [3.8, 4) is 17.2 Å². The van der Waals surface area contributed by atoms with E-state index in [9.17, 15) is 0 Å². The Morgan fingerprint density at radius 2 is 1.68 bits per heavy atom. The molecular weight excluding hydrogens is 268 g/mol. The molecule has 0 unspecified atom stereocenters. The predicted octanol–water partition coefficient (Wildman–Crippen LogP) is 4.93. The van der Waals surface area contributed by atoms with Crippen LogP contribution in [-0.4, -0.2) is 4.98 Å². The van der Waals surface area contributed by atoms with E-state index in [-0.39, 0.29) is 0 Å². The van der Waals surface area contributed by atoms with Gasteiger partial charge in [0.25, 0.3) is 0 Å². The van der Waals surface area contributed by atoms with Gasteiger partial charge in [0.05, 0.1) is 11.1 Å². The third-order valence-electron chi connectivity index (χ3n) is 3.91. The minimum absolute atomic E-state index is 0.588. The molecular formula is C20H12N2. The number of hydrogen-bond acceptors (Lipinski definition) is 2. The van der Waals surface area contributed by atoms with E-state index in [1.54, 1.807) is 6.20 Å². The van der Waals surface area contributed by atoms with Gasteiger partial charge in [-0.3, -0.25) is 4.98 Å². The molecule has 0 N–H and O–H groups in total. The van der Waals surface area contributed by atoms with Crippen LogP contribution in [0.2, 0.25) is 0 Å². The maximum atomic E-state index is 8.96. The van der Waals surface area contributed by atoms with Gasteiger partial charge in [-0.2, -0.15) is 5.26 Å². The molecule has 0 saturated heterocycles. The van der Waals surface area contributed by atoms with Crippen molar-refractivity contribution in [2.45, 2.75) is 0 Å². The summed E-state index contributed by atoms with van der Waals surface area (Å²) < 4.78 is 0. The lowest BCUT2D eigenvalue weighted by Crippen LogP contribution is -1.85. The van der Waals surface area contributed by atoms with Crippen molar-refractivity contribution in [3.05, 3.63) is 78.5 Å². The first kappa shape index (κ1) is 12.6. The Morgan fingerprint density at radius 3 is 2.59 bits per heavy atom. The van der Waals surface area contributed by atoms with Crippen molar-refractivity contribution in [3.63, 3.8) is 0 Å². The summed E-state index contributed by atoms with van der Waals surface area (Å²) in [6, 6.07) is 24.9. The van der Waals surface area contributed by atoms with Crippen LogP contribution in [0.1, 0.15) is 5.56 Å². The third kappa shape index (κ3) is 2.01. The van der Waals surface area contributed by atoms with Gasteiger partial charge in [0.15, 0.2) is 0 Å². The van der Waals surface area contributed by atoms with Crippen molar-refractivity contribution in [1.29, 1.82) is 5.26 Å².